The van der Waals surface area contributed by atoms with Crippen molar-refractivity contribution in [2.24, 2.45) is 11.3 Å². The maximum atomic E-state index is 11.7. The summed E-state index contributed by atoms with van der Waals surface area (Å²) < 4.78 is 23.4. The molecule has 1 aliphatic heterocycles. The fourth-order valence-electron chi connectivity index (χ4n) is 3.03. The first-order valence-corrected chi connectivity index (χ1v) is 8.71. The minimum absolute atomic E-state index is 0.0694. The van der Waals surface area contributed by atoms with E-state index in [1.807, 2.05) is 31.2 Å². The Labute approximate surface area is 120 Å². The van der Waals surface area contributed by atoms with Gasteiger partial charge in [-0.15, -0.1) is 0 Å². The molecule has 20 heavy (non-hydrogen) atoms. The van der Waals surface area contributed by atoms with E-state index in [0.29, 0.717) is 12.8 Å². The molecule has 0 spiro atoms. The summed E-state index contributed by atoms with van der Waals surface area (Å²) in [7, 11) is -3.02. The maximum Gasteiger partial charge on any atom is 0.150 e. The molecule has 1 aromatic carbocycles. The Morgan fingerprint density at radius 1 is 1.25 bits per heavy atom. The summed E-state index contributed by atoms with van der Waals surface area (Å²) in [4.78, 5) is 0. The molecule has 0 amide bonds. The number of aryl methyl sites for hydroxylation is 1. The average Bonchev–Trinajstić information content (AvgIpc) is 2.79. The summed E-state index contributed by atoms with van der Waals surface area (Å²) in [5.41, 5.74) is 1.40. The SMILES string of the molecule is Cc1ccccc1CC(CO)(CO)C1CCS(=O)(=O)C1. The number of aliphatic hydroxyl groups excluding tert-OH is 2. The van der Waals surface area contributed by atoms with E-state index in [1.165, 1.54) is 0 Å². The molecule has 1 saturated heterocycles. The van der Waals surface area contributed by atoms with Crippen molar-refractivity contribution in [3.63, 3.8) is 0 Å². The Bertz CT molecular complexity index is 561. The third kappa shape index (κ3) is 3.05. The van der Waals surface area contributed by atoms with Crippen molar-refractivity contribution in [2.75, 3.05) is 24.7 Å². The topological polar surface area (TPSA) is 74.6 Å². The fraction of sp³-hybridized carbons (Fsp3) is 0.600. The molecule has 1 atom stereocenters. The van der Waals surface area contributed by atoms with Crippen LogP contribution in [0, 0.1) is 18.3 Å². The van der Waals surface area contributed by atoms with E-state index in [4.69, 9.17) is 0 Å². The summed E-state index contributed by atoms with van der Waals surface area (Å²) in [6.07, 6.45) is 1.03. The number of hydrogen-bond donors (Lipinski definition) is 2. The number of rotatable bonds is 5. The molecule has 0 radical (unpaired) electrons. The number of aliphatic hydroxyl groups is 2. The molecule has 1 aromatic rings. The van der Waals surface area contributed by atoms with Crippen LogP contribution in [0.25, 0.3) is 0 Å². The van der Waals surface area contributed by atoms with Crippen LogP contribution in [0.15, 0.2) is 24.3 Å². The molecular formula is C15H22O4S. The second-order valence-corrected chi connectivity index (χ2v) is 8.11. The molecule has 5 heteroatoms. The van der Waals surface area contributed by atoms with E-state index in [0.717, 1.165) is 11.1 Å². The Balaban J connectivity index is 2.29. The molecule has 0 bridgehead atoms. The Hall–Kier alpha value is -0.910. The summed E-state index contributed by atoms with van der Waals surface area (Å²) in [5.74, 6) is 0.0507. The normalized spacial score (nSPS) is 22.1. The van der Waals surface area contributed by atoms with Crippen molar-refractivity contribution in [3.8, 4) is 0 Å². The minimum atomic E-state index is -3.02. The van der Waals surface area contributed by atoms with Crippen LogP contribution in [0.2, 0.25) is 0 Å². The van der Waals surface area contributed by atoms with E-state index in [9.17, 15) is 18.6 Å². The molecule has 0 saturated carbocycles. The van der Waals surface area contributed by atoms with E-state index >= 15 is 0 Å². The Morgan fingerprint density at radius 2 is 1.90 bits per heavy atom. The standard InChI is InChI=1S/C15H22O4S/c1-12-4-2-3-5-13(12)8-15(10-16,11-17)14-6-7-20(18,19)9-14/h2-5,14,16-17H,6-11H2,1H3. The molecular weight excluding hydrogens is 276 g/mol. The molecule has 1 aliphatic rings. The van der Waals surface area contributed by atoms with Crippen molar-refractivity contribution in [3.05, 3.63) is 35.4 Å². The van der Waals surface area contributed by atoms with Crippen LogP contribution in [0.5, 0.6) is 0 Å². The van der Waals surface area contributed by atoms with Crippen LogP contribution >= 0.6 is 0 Å². The molecule has 2 rings (SSSR count). The highest BCUT2D eigenvalue weighted by Crippen LogP contribution is 2.38. The first kappa shape index (κ1) is 15.5. The lowest BCUT2D eigenvalue weighted by atomic mass is 9.71. The predicted octanol–water partition coefficient (Wildman–Crippen LogP) is 0.943. The molecule has 4 nitrogen and oxygen atoms in total. The molecule has 1 unspecified atom stereocenters. The van der Waals surface area contributed by atoms with Gasteiger partial charge >= 0.3 is 0 Å². The van der Waals surface area contributed by atoms with Crippen LogP contribution in [0.3, 0.4) is 0 Å². The Morgan fingerprint density at radius 3 is 2.40 bits per heavy atom. The van der Waals surface area contributed by atoms with Gasteiger partial charge in [0.25, 0.3) is 0 Å². The average molecular weight is 298 g/mol. The van der Waals surface area contributed by atoms with Gasteiger partial charge < -0.3 is 10.2 Å². The first-order chi connectivity index (χ1) is 9.42. The number of benzene rings is 1. The first-order valence-electron chi connectivity index (χ1n) is 6.89. The summed E-state index contributed by atoms with van der Waals surface area (Å²) in [6.45, 7) is 1.59. The number of hydrogen-bond acceptors (Lipinski definition) is 4. The third-order valence-electron chi connectivity index (χ3n) is 4.53. The molecule has 2 N–H and O–H groups in total. The van der Waals surface area contributed by atoms with Gasteiger partial charge in [-0.1, -0.05) is 24.3 Å². The van der Waals surface area contributed by atoms with Crippen molar-refractivity contribution >= 4 is 9.84 Å². The van der Waals surface area contributed by atoms with Gasteiger partial charge in [-0.05, 0) is 36.8 Å². The zero-order chi connectivity index (χ0) is 14.8. The maximum absolute atomic E-state index is 11.7. The highest BCUT2D eigenvalue weighted by molar-refractivity contribution is 7.91. The van der Waals surface area contributed by atoms with E-state index in [1.54, 1.807) is 0 Å². The van der Waals surface area contributed by atoms with Gasteiger partial charge in [0.05, 0.1) is 24.7 Å². The van der Waals surface area contributed by atoms with Gasteiger partial charge in [0.1, 0.15) is 0 Å². The predicted molar refractivity (Wildman–Crippen MR) is 78.2 cm³/mol. The minimum Gasteiger partial charge on any atom is -0.396 e. The second kappa shape index (κ2) is 5.84. The summed E-state index contributed by atoms with van der Waals surface area (Å²) >= 11 is 0. The lowest BCUT2D eigenvalue weighted by Crippen LogP contribution is -2.41. The van der Waals surface area contributed by atoms with Crippen molar-refractivity contribution < 1.29 is 18.6 Å². The van der Waals surface area contributed by atoms with Gasteiger partial charge in [-0.25, -0.2) is 8.42 Å². The van der Waals surface area contributed by atoms with Crippen molar-refractivity contribution in [1.82, 2.24) is 0 Å². The Kier molecular flexibility index (Phi) is 4.52. The molecule has 1 heterocycles. The van der Waals surface area contributed by atoms with Crippen LogP contribution in [0.1, 0.15) is 17.5 Å². The van der Waals surface area contributed by atoms with E-state index in [-0.39, 0.29) is 30.6 Å². The van der Waals surface area contributed by atoms with E-state index < -0.39 is 15.3 Å². The zero-order valence-electron chi connectivity index (χ0n) is 11.7. The van der Waals surface area contributed by atoms with Crippen LogP contribution in [-0.4, -0.2) is 43.4 Å². The lowest BCUT2D eigenvalue weighted by Gasteiger charge is -2.36. The van der Waals surface area contributed by atoms with E-state index in [2.05, 4.69) is 0 Å². The van der Waals surface area contributed by atoms with Crippen molar-refractivity contribution in [2.45, 2.75) is 19.8 Å². The van der Waals surface area contributed by atoms with Gasteiger partial charge in [0, 0.05) is 5.41 Å². The van der Waals surface area contributed by atoms with Crippen LogP contribution in [-0.2, 0) is 16.3 Å². The largest absolute Gasteiger partial charge is 0.396 e. The fourth-order valence-corrected chi connectivity index (χ4v) is 4.97. The number of sulfone groups is 1. The molecule has 112 valence electrons. The quantitative estimate of drug-likeness (QED) is 0.848. The highest BCUT2D eigenvalue weighted by atomic mass is 32.2. The van der Waals surface area contributed by atoms with Crippen LogP contribution in [0.4, 0.5) is 0 Å². The summed E-state index contributed by atoms with van der Waals surface area (Å²) in [6, 6.07) is 7.82. The monoisotopic (exact) mass is 298 g/mol. The van der Waals surface area contributed by atoms with Crippen LogP contribution < -0.4 is 0 Å². The van der Waals surface area contributed by atoms with Crippen molar-refractivity contribution in [1.29, 1.82) is 0 Å². The molecule has 0 aromatic heterocycles. The van der Waals surface area contributed by atoms with Gasteiger partial charge in [-0.2, -0.15) is 0 Å². The molecule has 0 aliphatic carbocycles. The van der Waals surface area contributed by atoms with Gasteiger partial charge in [0.2, 0.25) is 0 Å². The summed E-state index contributed by atoms with van der Waals surface area (Å²) in [5, 5.41) is 19.6. The second-order valence-electron chi connectivity index (χ2n) is 5.88. The highest BCUT2D eigenvalue weighted by Gasteiger charge is 2.44. The van der Waals surface area contributed by atoms with Gasteiger partial charge in [-0.3, -0.25) is 0 Å². The third-order valence-corrected chi connectivity index (χ3v) is 6.30. The lowest BCUT2D eigenvalue weighted by molar-refractivity contribution is 0.0123. The smallest absolute Gasteiger partial charge is 0.150 e. The van der Waals surface area contributed by atoms with Gasteiger partial charge in [0.15, 0.2) is 9.84 Å². The zero-order valence-corrected chi connectivity index (χ0v) is 12.6. The molecule has 1 fully saturated rings.